The molecule has 30 heavy (non-hydrogen) atoms. The lowest BCUT2D eigenvalue weighted by Gasteiger charge is -2.29. The summed E-state index contributed by atoms with van der Waals surface area (Å²) in [7, 11) is 0. The summed E-state index contributed by atoms with van der Waals surface area (Å²) in [5.74, 6) is -0.846. The molecule has 0 radical (unpaired) electrons. The summed E-state index contributed by atoms with van der Waals surface area (Å²) < 4.78 is 10.4. The first-order valence-electron chi connectivity index (χ1n) is 10.7. The quantitative estimate of drug-likeness (QED) is 0.688. The van der Waals surface area contributed by atoms with Gasteiger partial charge in [0.25, 0.3) is 5.91 Å². The second-order valence-corrected chi connectivity index (χ2v) is 8.05. The van der Waals surface area contributed by atoms with E-state index in [0.29, 0.717) is 11.5 Å². The van der Waals surface area contributed by atoms with Gasteiger partial charge in [0.2, 0.25) is 0 Å². The van der Waals surface area contributed by atoms with Gasteiger partial charge in [-0.3, -0.25) is 15.0 Å². The lowest BCUT2D eigenvalue weighted by molar-refractivity contribution is -0.123. The number of rotatable bonds is 6. The van der Waals surface area contributed by atoms with Crippen molar-refractivity contribution in [3.05, 3.63) is 35.4 Å². The monoisotopic (exact) mass is 417 g/mol. The molecule has 164 valence electrons. The third-order valence-corrected chi connectivity index (χ3v) is 5.71. The Kier molecular flexibility index (Phi) is 8.21. The Balaban J connectivity index is 1.38. The number of hydrogen-bond donors (Lipinski definition) is 2. The number of benzene rings is 1. The summed E-state index contributed by atoms with van der Waals surface area (Å²) in [4.78, 5) is 38.4. The summed E-state index contributed by atoms with van der Waals surface area (Å²) in [6, 6.07) is 6.67. The van der Waals surface area contributed by atoms with Crippen molar-refractivity contribution in [1.29, 1.82) is 0 Å². The molecule has 3 rings (SSSR count). The summed E-state index contributed by atoms with van der Waals surface area (Å²) in [6.45, 7) is 5.67. The molecule has 2 atom stereocenters. The van der Waals surface area contributed by atoms with Crippen LogP contribution in [0, 0.1) is 5.92 Å². The molecule has 1 aliphatic carbocycles. The van der Waals surface area contributed by atoms with Crippen molar-refractivity contribution in [2.24, 2.45) is 5.92 Å². The number of esters is 1. The summed E-state index contributed by atoms with van der Waals surface area (Å²) in [5.41, 5.74) is 1.47. The first-order valence-corrected chi connectivity index (χ1v) is 10.7. The number of morpholine rings is 1. The number of imide groups is 1. The van der Waals surface area contributed by atoms with E-state index in [-0.39, 0.29) is 6.04 Å². The third-order valence-electron chi connectivity index (χ3n) is 5.71. The SMILES string of the molecule is C[C@@H]1CCCC[C@H]1NC(=O)NC(=O)COC(=O)c1ccc(CN2CCOCC2)cc1. The minimum atomic E-state index is -0.645. The van der Waals surface area contributed by atoms with Gasteiger partial charge in [-0.25, -0.2) is 9.59 Å². The zero-order valence-electron chi connectivity index (χ0n) is 17.5. The van der Waals surface area contributed by atoms with Gasteiger partial charge in [-0.1, -0.05) is 31.9 Å². The van der Waals surface area contributed by atoms with Crippen molar-refractivity contribution in [3.63, 3.8) is 0 Å². The zero-order chi connectivity index (χ0) is 21.3. The molecule has 0 unspecified atom stereocenters. The van der Waals surface area contributed by atoms with Crippen molar-refractivity contribution in [2.75, 3.05) is 32.9 Å². The predicted molar refractivity (Wildman–Crippen MR) is 111 cm³/mol. The predicted octanol–water partition coefficient (Wildman–Crippen LogP) is 2.08. The van der Waals surface area contributed by atoms with Crippen LogP contribution in [0.25, 0.3) is 0 Å². The second-order valence-electron chi connectivity index (χ2n) is 8.05. The minimum Gasteiger partial charge on any atom is -0.452 e. The number of carbonyl (C=O) groups is 3. The molecule has 0 spiro atoms. The Labute approximate surface area is 177 Å². The maximum Gasteiger partial charge on any atom is 0.338 e. The molecule has 3 amide bonds. The van der Waals surface area contributed by atoms with E-state index < -0.39 is 24.5 Å². The van der Waals surface area contributed by atoms with Crippen LogP contribution in [0.1, 0.15) is 48.5 Å². The van der Waals surface area contributed by atoms with Gasteiger partial charge in [-0.05, 0) is 36.5 Å². The number of nitrogens with one attached hydrogen (secondary N) is 2. The molecule has 0 bridgehead atoms. The van der Waals surface area contributed by atoms with E-state index in [1.54, 1.807) is 12.1 Å². The van der Waals surface area contributed by atoms with Gasteiger partial charge in [0.15, 0.2) is 6.61 Å². The average molecular weight is 418 g/mol. The Bertz CT molecular complexity index is 731. The molecule has 1 aromatic carbocycles. The van der Waals surface area contributed by atoms with Crippen LogP contribution in [0.4, 0.5) is 4.79 Å². The van der Waals surface area contributed by atoms with E-state index in [0.717, 1.165) is 57.7 Å². The van der Waals surface area contributed by atoms with E-state index in [4.69, 9.17) is 9.47 Å². The fourth-order valence-corrected chi connectivity index (χ4v) is 3.88. The van der Waals surface area contributed by atoms with E-state index >= 15 is 0 Å². The third kappa shape index (κ3) is 6.81. The lowest BCUT2D eigenvalue weighted by Crippen LogP contribution is -2.48. The molecule has 2 N–H and O–H groups in total. The van der Waals surface area contributed by atoms with Crippen LogP contribution in [0.2, 0.25) is 0 Å². The summed E-state index contributed by atoms with van der Waals surface area (Å²) >= 11 is 0. The summed E-state index contributed by atoms with van der Waals surface area (Å²) in [6.07, 6.45) is 4.23. The fraction of sp³-hybridized carbons (Fsp3) is 0.591. The van der Waals surface area contributed by atoms with Gasteiger partial charge < -0.3 is 14.8 Å². The smallest absolute Gasteiger partial charge is 0.338 e. The van der Waals surface area contributed by atoms with Crippen LogP contribution < -0.4 is 10.6 Å². The van der Waals surface area contributed by atoms with Crippen molar-refractivity contribution < 1.29 is 23.9 Å². The van der Waals surface area contributed by atoms with E-state index in [2.05, 4.69) is 22.5 Å². The van der Waals surface area contributed by atoms with E-state index in [1.165, 1.54) is 6.42 Å². The highest BCUT2D eigenvalue weighted by Crippen LogP contribution is 2.23. The number of urea groups is 1. The summed E-state index contributed by atoms with van der Waals surface area (Å²) in [5, 5.41) is 5.06. The molecule has 1 saturated heterocycles. The molecule has 8 heteroatoms. The lowest BCUT2D eigenvalue weighted by atomic mass is 9.86. The highest BCUT2D eigenvalue weighted by molar-refractivity contribution is 5.97. The van der Waals surface area contributed by atoms with Crippen LogP contribution >= 0.6 is 0 Å². The molecule has 1 aliphatic heterocycles. The molecule has 2 fully saturated rings. The number of carbonyl (C=O) groups excluding carboxylic acids is 3. The Morgan fingerprint density at radius 3 is 2.50 bits per heavy atom. The van der Waals surface area contributed by atoms with Gasteiger partial charge in [0.05, 0.1) is 18.8 Å². The maximum atomic E-state index is 12.2. The highest BCUT2D eigenvalue weighted by Gasteiger charge is 2.23. The van der Waals surface area contributed by atoms with Gasteiger partial charge in [0, 0.05) is 25.7 Å². The molecule has 0 aromatic heterocycles. The molecular formula is C22H31N3O5. The normalized spacial score (nSPS) is 22.2. The number of amides is 3. The molecule has 2 aliphatic rings. The zero-order valence-corrected chi connectivity index (χ0v) is 17.5. The van der Waals surface area contributed by atoms with Crippen LogP contribution in [0.5, 0.6) is 0 Å². The van der Waals surface area contributed by atoms with Crippen molar-refractivity contribution in [1.82, 2.24) is 15.5 Å². The van der Waals surface area contributed by atoms with Crippen molar-refractivity contribution >= 4 is 17.9 Å². The first-order chi connectivity index (χ1) is 14.5. The molecule has 8 nitrogen and oxygen atoms in total. The van der Waals surface area contributed by atoms with Gasteiger partial charge in [0.1, 0.15) is 0 Å². The van der Waals surface area contributed by atoms with Crippen LogP contribution in [0.3, 0.4) is 0 Å². The van der Waals surface area contributed by atoms with Gasteiger partial charge in [-0.15, -0.1) is 0 Å². The fourth-order valence-electron chi connectivity index (χ4n) is 3.88. The standard InChI is InChI=1S/C22H31N3O5/c1-16-4-2-3-5-19(16)23-22(28)24-20(26)15-30-21(27)18-8-6-17(7-9-18)14-25-10-12-29-13-11-25/h6-9,16,19H,2-5,10-15H2,1H3,(H2,23,24,26,28)/t16-,19-/m1/s1. The molecule has 1 saturated carbocycles. The van der Waals surface area contributed by atoms with Gasteiger partial charge in [-0.2, -0.15) is 0 Å². The van der Waals surface area contributed by atoms with Crippen LogP contribution in [0.15, 0.2) is 24.3 Å². The van der Waals surface area contributed by atoms with E-state index in [1.807, 2.05) is 12.1 Å². The minimum absolute atomic E-state index is 0.0741. The maximum absolute atomic E-state index is 12.2. The topological polar surface area (TPSA) is 97.0 Å². The van der Waals surface area contributed by atoms with Crippen LogP contribution in [-0.2, 0) is 20.8 Å². The largest absolute Gasteiger partial charge is 0.452 e. The van der Waals surface area contributed by atoms with Gasteiger partial charge >= 0.3 is 12.0 Å². The first kappa shape index (κ1) is 22.2. The highest BCUT2D eigenvalue weighted by atomic mass is 16.5. The number of ether oxygens (including phenoxy) is 2. The number of hydrogen-bond acceptors (Lipinski definition) is 6. The average Bonchev–Trinajstić information content (AvgIpc) is 2.75. The Morgan fingerprint density at radius 2 is 1.80 bits per heavy atom. The number of nitrogens with zero attached hydrogens (tertiary/aromatic N) is 1. The second kappa shape index (κ2) is 11.1. The molecule has 1 aromatic rings. The van der Waals surface area contributed by atoms with Crippen LogP contribution in [-0.4, -0.2) is 61.8 Å². The van der Waals surface area contributed by atoms with Crippen molar-refractivity contribution in [3.8, 4) is 0 Å². The van der Waals surface area contributed by atoms with Crippen molar-refractivity contribution in [2.45, 2.75) is 45.2 Å². The molecule has 1 heterocycles. The van der Waals surface area contributed by atoms with E-state index in [9.17, 15) is 14.4 Å². The Hall–Kier alpha value is -2.45. The molecular weight excluding hydrogens is 386 g/mol. The Morgan fingerprint density at radius 1 is 1.10 bits per heavy atom.